The van der Waals surface area contributed by atoms with E-state index in [1.54, 1.807) is 0 Å². The van der Waals surface area contributed by atoms with Gasteiger partial charge >= 0.3 is 0 Å². The van der Waals surface area contributed by atoms with Crippen LogP contribution in [-0.4, -0.2) is 31.8 Å². The Hall–Kier alpha value is -1.83. The summed E-state index contributed by atoms with van der Waals surface area (Å²) in [5, 5.41) is 0. The zero-order valence-corrected chi connectivity index (χ0v) is 12.8. The molecule has 1 aliphatic carbocycles. The van der Waals surface area contributed by atoms with Crippen molar-refractivity contribution in [2.24, 2.45) is 4.99 Å². The second-order valence-corrected chi connectivity index (χ2v) is 5.34. The molecule has 2 nitrogen and oxygen atoms in total. The number of unbranched alkanes of at least 4 members (excludes halogenated alkanes) is 1. The van der Waals surface area contributed by atoms with Crippen molar-refractivity contribution >= 4 is 11.8 Å². The first-order chi connectivity index (χ1) is 9.74. The molecule has 0 atom stereocenters. The van der Waals surface area contributed by atoms with Gasteiger partial charge in [0.15, 0.2) is 0 Å². The lowest BCUT2D eigenvalue weighted by Crippen LogP contribution is -2.10. The Morgan fingerprint density at radius 2 is 2.05 bits per heavy atom. The predicted molar refractivity (Wildman–Crippen MR) is 88.2 cm³/mol. The number of rotatable bonds is 6. The molecular weight excluding hydrogens is 244 g/mol. The van der Waals surface area contributed by atoms with Gasteiger partial charge in [0, 0.05) is 32.6 Å². The van der Waals surface area contributed by atoms with Crippen molar-refractivity contribution in [3.63, 3.8) is 0 Å². The fourth-order valence-electron chi connectivity index (χ4n) is 2.46. The van der Waals surface area contributed by atoms with Crippen LogP contribution in [0.15, 0.2) is 47.1 Å². The molecule has 0 bridgehead atoms. The molecule has 0 heterocycles. The molecule has 1 aromatic rings. The van der Waals surface area contributed by atoms with Gasteiger partial charge in [-0.2, -0.15) is 0 Å². The van der Waals surface area contributed by atoms with Crippen LogP contribution in [0.1, 0.15) is 37.3 Å². The second-order valence-electron chi connectivity index (χ2n) is 5.34. The summed E-state index contributed by atoms with van der Waals surface area (Å²) < 4.78 is 0. The molecule has 0 radical (unpaired) electrons. The van der Waals surface area contributed by atoms with Crippen LogP contribution in [0.25, 0.3) is 5.57 Å². The van der Waals surface area contributed by atoms with E-state index in [-0.39, 0.29) is 0 Å². The van der Waals surface area contributed by atoms with E-state index in [0.29, 0.717) is 0 Å². The standard InChI is InChI=1S/C18H24N2/c1-4-5-13-19-14-15-9-6-7-10-16(15)17-11-8-12-18(17)20(2)3/h6-10,12,14H,4-5,11,13H2,1-3H3. The maximum atomic E-state index is 4.55. The molecule has 0 aromatic heterocycles. The number of nitrogens with zero attached hydrogens (tertiary/aromatic N) is 2. The zero-order chi connectivity index (χ0) is 14.4. The SMILES string of the molecule is CCCCN=Cc1ccccc1C1=C(N(C)C)C=CC1. The third-order valence-electron chi connectivity index (χ3n) is 3.55. The molecule has 0 N–H and O–H groups in total. The predicted octanol–water partition coefficient (Wildman–Crippen LogP) is 4.14. The van der Waals surface area contributed by atoms with Gasteiger partial charge in [-0.3, -0.25) is 4.99 Å². The van der Waals surface area contributed by atoms with Crippen LogP contribution in [0.5, 0.6) is 0 Å². The Balaban J connectivity index is 2.29. The lowest BCUT2D eigenvalue weighted by atomic mass is 9.98. The molecule has 0 fully saturated rings. The van der Waals surface area contributed by atoms with Crippen LogP contribution < -0.4 is 0 Å². The van der Waals surface area contributed by atoms with E-state index in [1.807, 2.05) is 6.21 Å². The van der Waals surface area contributed by atoms with Gasteiger partial charge < -0.3 is 4.90 Å². The average molecular weight is 268 g/mol. The first-order valence-corrected chi connectivity index (χ1v) is 7.40. The van der Waals surface area contributed by atoms with Gasteiger partial charge in [-0.15, -0.1) is 0 Å². The molecular formula is C18H24N2. The lowest BCUT2D eigenvalue weighted by molar-refractivity contribution is 0.533. The third-order valence-corrected chi connectivity index (χ3v) is 3.55. The molecule has 2 heteroatoms. The summed E-state index contributed by atoms with van der Waals surface area (Å²) in [5.41, 5.74) is 5.23. The maximum absolute atomic E-state index is 4.55. The van der Waals surface area contributed by atoms with Crippen molar-refractivity contribution in [2.75, 3.05) is 20.6 Å². The van der Waals surface area contributed by atoms with Crippen molar-refractivity contribution in [1.82, 2.24) is 4.90 Å². The van der Waals surface area contributed by atoms with Crippen LogP contribution in [0.4, 0.5) is 0 Å². The van der Waals surface area contributed by atoms with Gasteiger partial charge in [0.2, 0.25) is 0 Å². The Labute approximate surface area is 122 Å². The van der Waals surface area contributed by atoms with Crippen molar-refractivity contribution in [2.45, 2.75) is 26.2 Å². The molecule has 0 saturated heterocycles. The van der Waals surface area contributed by atoms with Crippen molar-refractivity contribution in [3.05, 3.63) is 53.2 Å². The molecule has 0 spiro atoms. The summed E-state index contributed by atoms with van der Waals surface area (Å²) in [7, 11) is 4.20. The van der Waals surface area contributed by atoms with E-state index in [0.717, 1.165) is 19.4 Å². The Morgan fingerprint density at radius 1 is 1.25 bits per heavy atom. The molecule has 0 amide bonds. The van der Waals surface area contributed by atoms with E-state index >= 15 is 0 Å². The minimum atomic E-state index is 0.919. The van der Waals surface area contributed by atoms with E-state index in [1.165, 1.54) is 28.8 Å². The highest BCUT2D eigenvalue weighted by molar-refractivity contribution is 5.90. The minimum Gasteiger partial charge on any atom is -0.377 e. The third kappa shape index (κ3) is 3.38. The highest BCUT2D eigenvalue weighted by atomic mass is 15.1. The van der Waals surface area contributed by atoms with Crippen molar-refractivity contribution < 1.29 is 0 Å². The molecule has 0 saturated carbocycles. The fourth-order valence-corrected chi connectivity index (χ4v) is 2.46. The summed E-state index contributed by atoms with van der Waals surface area (Å²) in [5.74, 6) is 0. The summed E-state index contributed by atoms with van der Waals surface area (Å²) in [6.07, 6.45) is 9.83. The number of allylic oxidation sites excluding steroid dienone is 3. The topological polar surface area (TPSA) is 15.6 Å². The van der Waals surface area contributed by atoms with E-state index in [4.69, 9.17) is 0 Å². The number of likely N-dealkylation sites (N-methyl/N-ethyl adjacent to an activating group) is 1. The molecule has 20 heavy (non-hydrogen) atoms. The summed E-state index contributed by atoms with van der Waals surface area (Å²) in [6.45, 7) is 3.12. The Kier molecular flexibility index (Phi) is 5.16. The molecule has 0 aliphatic heterocycles. The lowest BCUT2D eigenvalue weighted by Gasteiger charge is -2.17. The first-order valence-electron chi connectivity index (χ1n) is 7.40. The fraction of sp³-hybridized carbons (Fsp3) is 0.389. The number of benzene rings is 1. The van der Waals surface area contributed by atoms with Gasteiger partial charge in [-0.25, -0.2) is 0 Å². The summed E-state index contributed by atoms with van der Waals surface area (Å²) in [4.78, 5) is 6.74. The molecule has 1 aromatic carbocycles. The van der Waals surface area contributed by atoms with Gasteiger partial charge in [0.1, 0.15) is 0 Å². The van der Waals surface area contributed by atoms with Crippen LogP contribution in [-0.2, 0) is 0 Å². The van der Waals surface area contributed by atoms with Crippen LogP contribution in [0.3, 0.4) is 0 Å². The van der Waals surface area contributed by atoms with E-state index in [9.17, 15) is 0 Å². The Bertz CT molecular complexity index is 536. The monoisotopic (exact) mass is 268 g/mol. The number of hydrogen-bond donors (Lipinski definition) is 0. The highest BCUT2D eigenvalue weighted by Crippen LogP contribution is 2.31. The second kappa shape index (κ2) is 7.09. The van der Waals surface area contributed by atoms with Gasteiger partial charge in [0.25, 0.3) is 0 Å². The minimum absolute atomic E-state index is 0.919. The van der Waals surface area contributed by atoms with Crippen molar-refractivity contribution in [3.8, 4) is 0 Å². The number of hydrogen-bond acceptors (Lipinski definition) is 2. The highest BCUT2D eigenvalue weighted by Gasteiger charge is 2.14. The normalized spacial score (nSPS) is 14.6. The summed E-state index contributed by atoms with van der Waals surface area (Å²) >= 11 is 0. The van der Waals surface area contributed by atoms with E-state index < -0.39 is 0 Å². The van der Waals surface area contributed by atoms with Gasteiger partial charge in [0.05, 0.1) is 0 Å². The first kappa shape index (κ1) is 14.6. The average Bonchev–Trinajstić information content (AvgIpc) is 2.93. The largest absolute Gasteiger partial charge is 0.377 e. The zero-order valence-electron chi connectivity index (χ0n) is 12.8. The van der Waals surface area contributed by atoms with Crippen LogP contribution in [0, 0.1) is 0 Å². The van der Waals surface area contributed by atoms with Crippen LogP contribution >= 0.6 is 0 Å². The van der Waals surface area contributed by atoms with E-state index in [2.05, 4.69) is 67.3 Å². The summed E-state index contributed by atoms with van der Waals surface area (Å²) in [6, 6.07) is 8.55. The van der Waals surface area contributed by atoms with Crippen LogP contribution in [0.2, 0.25) is 0 Å². The molecule has 2 rings (SSSR count). The molecule has 0 unspecified atom stereocenters. The smallest absolute Gasteiger partial charge is 0.0399 e. The van der Waals surface area contributed by atoms with Crippen molar-refractivity contribution in [1.29, 1.82) is 0 Å². The quantitative estimate of drug-likeness (QED) is 0.559. The van der Waals surface area contributed by atoms with Gasteiger partial charge in [-0.1, -0.05) is 43.7 Å². The number of aliphatic imine (C=N–C) groups is 1. The maximum Gasteiger partial charge on any atom is 0.0399 e. The van der Waals surface area contributed by atoms with Gasteiger partial charge in [-0.05, 0) is 35.6 Å². The Morgan fingerprint density at radius 3 is 2.80 bits per heavy atom. The molecule has 106 valence electrons. The molecule has 1 aliphatic rings.